The van der Waals surface area contributed by atoms with Gasteiger partial charge in [0.15, 0.2) is 0 Å². The van der Waals surface area contributed by atoms with E-state index in [1.807, 2.05) is 6.07 Å². The molecule has 0 bridgehead atoms. The van der Waals surface area contributed by atoms with Gasteiger partial charge in [0.05, 0.1) is 0 Å². The zero-order valence-electron chi connectivity index (χ0n) is 16.4. The second kappa shape index (κ2) is 8.99. The van der Waals surface area contributed by atoms with Gasteiger partial charge in [-0.05, 0) is 47.9 Å². The Balaban J connectivity index is 1.78. The number of hydrogen-bond acceptors (Lipinski definition) is 3. The molecule has 0 unspecified atom stereocenters. The molecule has 0 saturated carbocycles. The fourth-order valence-corrected chi connectivity index (χ4v) is 4.39. The Bertz CT molecular complexity index is 1100. The lowest BCUT2D eigenvalue weighted by atomic mass is 9.93. The van der Waals surface area contributed by atoms with E-state index < -0.39 is 0 Å². The molecule has 0 fully saturated rings. The zero-order chi connectivity index (χ0) is 21.3. The molecular weight excluding hydrogens is 439 g/mol. The largest absolute Gasteiger partial charge is 0.508 e. The van der Waals surface area contributed by atoms with Crippen molar-refractivity contribution in [3.05, 3.63) is 98.0 Å². The van der Waals surface area contributed by atoms with Crippen LogP contribution in [0, 0.1) is 0 Å². The molecule has 2 N–H and O–H groups in total. The predicted molar refractivity (Wildman–Crippen MR) is 125 cm³/mol. The molecule has 2 atom stereocenters. The lowest BCUT2D eigenvalue weighted by molar-refractivity contribution is 0.413. The molecule has 0 spiro atoms. The first-order valence-corrected chi connectivity index (χ1v) is 10.9. The number of hydrogen-bond donors (Lipinski definition) is 2. The van der Waals surface area contributed by atoms with Crippen LogP contribution in [-0.4, -0.2) is 10.8 Å². The third-order valence-electron chi connectivity index (χ3n) is 5.36. The van der Waals surface area contributed by atoms with Gasteiger partial charge in [0, 0.05) is 44.4 Å². The normalized spacial score (nSPS) is 18.9. The van der Waals surface area contributed by atoms with Crippen LogP contribution in [0.4, 0.5) is 0 Å². The molecule has 3 aromatic carbocycles. The van der Waals surface area contributed by atoms with Gasteiger partial charge in [-0.1, -0.05) is 72.1 Å². The lowest BCUT2D eigenvalue weighted by Crippen LogP contribution is -2.33. The average molecular weight is 460 g/mol. The van der Waals surface area contributed by atoms with Crippen molar-refractivity contribution >= 4 is 40.5 Å². The van der Waals surface area contributed by atoms with Crippen molar-refractivity contribution in [3.8, 4) is 5.75 Å². The van der Waals surface area contributed by atoms with Gasteiger partial charge in [0.1, 0.15) is 11.9 Å². The fraction of sp³-hybridized carbons (Fsp3) is 0.208. The molecule has 4 rings (SSSR count). The van der Waals surface area contributed by atoms with Crippen LogP contribution in [0.2, 0.25) is 15.1 Å². The van der Waals surface area contributed by atoms with Crippen LogP contribution in [0.5, 0.6) is 5.75 Å². The summed E-state index contributed by atoms with van der Waals surface area (Å²) in [7, 11) is 0. The molecule has 30 heavy (non-hydrogen) atoms. The molecule has 0 aliphatic carbocycles. The van der Waals surface area contributed by atoms with Crippen molar-refractivity contribution in [1.29, 1.82) is 0 Å². The number of phenols is 1. The van der Waals surface area contributed by atoms with Crippen LogP contribution < -0.4 is 5.32 Å². The molecule has 154 valence electrons. The van der Waals surface area contributed by atoms with Crippen LogP contribution in [0.15, 0.2) is 65.7 Å². The van der Waals surface area contributed by atoms with Crippen molar-refractivity contribution in [2.45, 2.75) is 32.0 Å². The first-order valence-electron chi connectivity index (χ1n) is 9.80. The second-order valence-corrected chi connectivity index (χ2v) is 8.60. The van der Waals surface area contributed by atoms with E-state index in [9.17, 15) is 5.11 Å². The minimum atomic E-state index is -0.382. The van der Waals surface area contributed by atoms with E-state index in [0.717, 1.165) is 28.8 Å². The van der Waals surface area contributed by atoms with Crippen LogP contribution >= 0.6 is 34.8 Å². The first kappa shape index (κ1) is 21.2. The van der Waals surface area contributed by atoms with E-state index in [2.05, 4.69) is 36.5 Å². The van der Waals surface area contributed by atoms with Gasteiger partial charge in [-0.25, -0.2) is 0 Å². The number of aliphatic imine (C=N–C) groups is 1. The molecule has 1 heterocycles. The molecule has 6 heteroatoms. The highest BCUT2D eigenvalue weighted by Gasteiger charge is 2.29. The Kier molecular flexibility index (Phi) is 6.35. The Morgan fingerprint density at radius 3 is 2.33 bits per heavy atom. The number of benzene rings is 3. The van der Waals surface area contributed by atoms with Crippen LogP contribution in [-0.2, 0) is 6.42 Å². The van der Waals surface area contributed by atoms with E-state index >= 15 is 0 Å². The molecule has 3 aromatic rings. The predicted octanol–water partition coefficient (Wildman–Crippen LogP) is 7.14. The number of halogens is 3. The van der Waals surface area contributed by atoms with Gasteiger partial charge >= 0.3 is 0 Å². The molecule has 1 aliphatic heterocycles. The highest BCUT2D eigenvalue weighted by molar-refractivity contribution is 6.35. The van der Waals surface area contributed by atoms with Gasteiger partial charge in [-0.2, -0.15) is 0 Å². The van der Waals surface area contributed by atoms with E-state index in [0.29, 0.717) is 21.5 Å². The van der Waals surface area contributed by atoms with E-state index in [1.165, 1.54) is 5.56 Å². The summed E-state index contributed by atoms with van der Waals surface area (Å²) in [5.41, 5.74) is 4.83. The number of nitrogens with zero attached hydrogens (tertiary/aromatic N) is 1. The van der Waals surface area contributed by atoms with Crippen LogP contribution in [0.1, 0.15) is 47.8 Å². The Hall–Kier alpha value is -2.04. The average Bonchev–Trinajstić information content (AvgIpc) is 2.75. The second-order valence-electron chi connectivity index (χ2n) is 7.32. The highest BCUT2D eigenvalue weighted by atomic mass is 35.5. The fourth-order valence-electron chi connectivity index (χ4n) is 3.70. The van der Waals surface area contributed by atoms with Gasteiger partial charge in [-0.3, -0.25) is 10.3 Å². The summed E-state index contributed by atoms with van der Waals surface area (Å²) in [4.78, 5) is 4.96. The van der Waals surface area contributed by atoms with Crippen molar-refractivity contribution in [2.24, 2.45) is 4.99 Å². The number of rotatable bonds is 4. The SMILES string of the molecule is CCc1ccc(C2=N[C@@H](c3ccc(Cl)cc3Cl)N[C@@H](c3cc(Cl)ccc3O)C2)cc1. The smallest absolute Gasteiger partial charge is 0.127 e. The summed E-state index contributed by atoms with van der Waals surface area (Å²) in [5, 5.41) is 15.7. The van der Waals surface area contributed by atoms with Crippen LogP contribution in [0.25, 0.3) is 0 Å². The number of aromatic hydroxyl groups is 1. The number of aryl methyl sites for hydroxylation is 1. The molecule has 3 nitrogen and oxygen atoms in total. The summed E-state index contributed by atoms with van der Waals surface area (Å²) >= 11 is 18.8. The summed E-state index contributed by atoms with van der Waals surface area (Å²) in [6, 6.07) is 18.7. The molecular formula is C24H21Cl3N2O. The van der Waals surface area contributed by atoms with Gasteiger partial charge in [0.2, 0.25) is 0 Å². The van der Waals surface area contributed by atoms with Crippen LogP contribution in [0.3, 0.4) is 0 Å². The molecule has 1 aliphatic rings. The molecule has 0 radical (unpaired) electrons. The highest BCUT2D eigenvalue weighted by Crippen LogP contribution is 2.37. The van der Waals surface area contributed by atoms with E-state index in [1.54, 1.807) is 30.3 Å². The maximum atomic E-state index is 10.5. The first-order chi connectivity index (χ1) is 14.4. The van der Waals surface area contributed by atoms with Gasteiger partial charge < -0.3 is 5.11 Å². The van der Waals surface area contributed by atoms with Gasteiger partial charge in [-0.15, -0.1) is 0 Å². The standard InChI is InChI=1S/C24H21Cl3N2O/c1-2-14-3-5-15(6-4-14)21-13-22(19-11-16(25)8-10-23(19)30)29-24(28-21)18-9-7-17(26)12-20(18)27/h3-12,22,24,29-30H,2,13H2,1H3/t22-,24-/m1/s1. The summed E-state index contributed by atoms with van der Waals surface area (Å²) < 4.78 is 0. The van der Waals surface area contributed by atoms with E-state index in [-0.39, 0.29) is 18.0 Å². The van der Waals surface area contributed by atoms with Crippen molar-refractivity contribution in [2.75, 3.05) is 0 Å². The Morgan fingerprint density at radius 1 is 0.933 bits per heavy atom. The quantitative estimate of drug-likeness (QED) is 0.435. The lowest BCUT2D eigenvalue weighted by Gasteiger charge is -2.31. The van der Waals surface area contributed by atoms with Crippen molar-refractivity contribution in [1.82, 2.24) is 5.32 Å². The van der Waals surface area contributed by atoms with Gasteiger partial charge in [0.25, 0.3) is 0 Å². The summed E-state index contributed by atoms with van der Waals surface area (Å²) in [6.45, 7) is 2.13. The summed E-state index contributed by atoms with van der Waals surface area (Å²) in [5.74, 6) is 0.195. The minimum absolute atomic E-state index is 0.182. The topological polar surface area (TPSA) is 44.6 Å². The molecule has 0 amide bonds. The number of phenolic OH excluding ortho intramolecular Hbond substituents is 1. The maximum Gasteiger partial charge on any atom is 0.127 e. The van der Waals surface area contributed by atoms with Crippen molar-refractivity contribution in [3.63, 3.8) is 0 Å². The van der Waals surface area contributed by atoms with E-state index in [4.69, 9.17) is 39.8 Å². The number of nitrogens with one attached hydrogen (secondary N) is 1. The molecule has 0 aromatic heterocycles. The monoisotopic (exact) mass is 458 g/mol. The Morgan fingerprint density at radius 2 is 1.63 bits per heavy atom. The maximum absolute atomic E-state index is 10.5. The Labute approximate surface area is 191 Å². The minimum Gasteiger partial charge on any atom is -0.508 e. The zero-order valence-corrected chi connectivity index (χ0v) is 18.6. The third-order valence-corrected chi connectivity index (χ3v) is 6.16. The van der Waals surface area contributed by atoms with Crippen molar-refractivity contribution < 1.29 is 5.11 Å². The third kappa shape index (κ3) is 4.50. The molecule has 0 saturated heterocycles. The summed E-state index contributed by atoms with van der Waals surface area (Å²) in [6.07, 6.45) is 1.21.